The van der Waals surface area contributed by atoms with Gasteiger partial charge in [-0.2, -0.15) is 0 Å². The third kappa shape index (κ3) is 4.32. The molecule has 0 aromatic rings. The second-order valence-corrected chi connectivity index (χ2v) is 4.56. The zero-order valence-corrected chi connectivity index (χ0v) is 10.4. The van der Waals surface area contributed by atoms with Crippen molar-refractivity contribution in [1.82, 2.24) is 10.2 Å². The molecule has 0 radical (unpaired) electrons. The Kier molecular flexibility index (Phi) is 4.89. The standard InChI is InChI=1S/C11H20N2O4/c1-3-4-12-5-9(14)13-7-11(2,8-13)17-6-10(15)16/h12H,3-8H2,1-2H3,(H,15,16). The Labute approximate surface area is 101 Å². The Bertz CT molecular complexity index is 287. The highest BCUT2D eigenvalue weighted by atomic mass is 16.5. The Balaban J connectivity index is 2.20. The van der Waals surface area contributed by atoms with Crippen LogP contribution in [0, 0.1) is 0 Å². The average molecular weight is 244 g/mol. The van der Waals surface area contributed by atoms with Gasteiger partial charge in [0.25, 0.3) is 0 Å². The molecule has 1 heterocycles. The third-order valence-electron chi connectivity index (χ3n) is 2.65. The first kappa shape index (κ1) is 13.9. The van der Waals surface area contributed by atoms with Crippen LogP contribution in [0.1, 0.15) is 20.3 Å². The lowest BCUT2D eigenvalue weighted by Crippen LogP contribution is -2.64. The second kappa shape index (κ2) is 5.97. The van der Waals surface area contributed by atoms with E-state index in [4.69, 9.17) is 9.84 Å². The number of nitrogens with one attached hydrogen (secondary N) is 1. The molecule has 6 heteroatoms. The minimum atomic E-state index is -0.986. The molecule has 1 saturated heterocycles. The van der Waals surface area contributed by atoms with Gasteiger partial charge in [0.2, 0.25) is 5.91 Å². The summed E-state index contributed by atoms with van der Waals surface area (Å²) in [5.41, 5.74) is -0.501. The summed E-state index contributed by atoms with van der Waals surface area (Å²) in [5.74, 6) is -0.949. The summed E-state index contributed by atoms with van der Waals surface area (Å²) in [6, 6.07) is 0. The zero-order chi connectivity index (χ0) is 12.9. The molecule has 0 unspecified atom stereocenters. The molecular formula is C11H20N2O4. The third-order valence-corrected chi connectivity index (χ3v) is 2.65. The molecule has 1 rings (SSSR count). The fourth-order valence-electron chi connectivity index (χ4n) is 1.75. The van der Waals surface area contributed by atoms with Crippen molar-refractivity contribution < 1.29 is 19.4 Å². The molecule has 0 aliphatic carbocycles. The first-order chi connectivity index (χ1) is 7.97. The number of nitrogens with zero attached hydrogens (tertiary/aromatic N) is 1. The Morgan fingerprint density at radius 3 is 2.65 bits per heavy atom. The predicted molar refractivity (Wildman–Crippen MR) is 61.7 cm³/mol. The number of carbonyl (C=O) groups is 2. The van der Waals surface area contributed by atoms with Gasteiger partial charge in [0, 0.05) is 0 Å². The number of carboxylic acid groups (broad SMARTS) is 1. The summed E-state index contributed by atoms with van der Waals surface area (Å²) in [7, 11) is 0. The van der Waals surface area contributed by atoms with Crippen LogP contribution >= 0.6 is 0 Å². The molecule has 0 aromatic carbocycles. The van der Waals surface area contributed by atoms with Crippen LogP contribution in [0.4, 0.5) is 0 Å². The molecule has 1 aliphatic rings. The monoisotopic (exact) mass is 244 g/mol. The Hall–Kier alpha value is -1.14. The SMILES string of the molecule is CCCNCC(=O)N1CC(C)(OCC(=O)O)C1. The quantitative estimate of drug-likeness (QED) is 0.600. The van der Waals surface area contributed by atoms with E-state index in [9.17, 15) is 9.59 Å². The second-order valence-electron chi connectivity index (χ2n) is 4.56. The highest BCUT2D eigenvalue weighted by Gasteiger charge is 2.42. The van der Waals surface area contributed by atoms with E-state index in [0.29, 0.717) is 19.6 Å². The van der Waals surface area contributed by atoms with Gasteiger partial charge in [-0.3, -0.25) is 4.79 Å². The topological polar surface area (TPSA) is 78.9 Å². The van der Waals surface area contributed by atoms with Crippen LogP contribution in [0.5, 0.6) is 0 Å². The number of aliphatic carboxylic acids is 1. The van der Waals surface area contributed by atoms with Crippen LogP contribution in [-0.4, -0.2) is 60.3 Å². The van der Waals surface area contributed by atoms with E-state index in [-0.39, 0.29) is 12.5 Å². The maximum Gasteiger partial charge on any atom is 0.329 e. The number of ether oxygens (including phenoxy) is 1. The van der Waals surface area contributed by atoms with Gasteiger partial charge >= 0.3 is 5.97 Å². The summed E-state index contributed by atoms with van der Waals surface area (Å²) in [6.45, 7) is 5.64. The van der Waals surface area contributed by atoms with Gasteiger partial charge in [-0.25, -0.2) is 4.79 Å². The van der Waals surface area contributed by atoms with Gasteiger partial charge < -0.3 is 20.1 Å². The van der Waals surface area contributed by atoms with Crippen molar-refractivity contribution in [2.75, 3.05) is 32.8 Å². The molecule has 0 aromatic heterocycles. The molecule has 0 atom stereocenters. The molecular weight excluding hydrogens is 224 g/mol. The van der Waals surface area contributed by atoms with Crippen molar-refractivity contribution in [1.29, 1.82) is 0 Å². The van der Waals surface area contributed by atoms with E-state index < -0.39 is 11.6 Å². The zero-order valence-electron chi connectivity index (χ0n) is 10.4. The number of rotatable bonds is 7. The van der Waals surface area contributed by atoms with Gasteiger partial charge in [-0.05, 0) is 19.9 Å². The van der Waals surface area contributed by atoms with Crippen LogP contribution in [0.25, 0.3) is 0 Å². The number of likely N-dealkylation sites (tertiary alicyclic amines) is 1. The summed E-state index contributed by atoms with van der Waals surface area (Å²) >= 11 is 0. The number of carboxylic acids is 1. The lowest BCUT2D eigenvalue weighted by Gasteiger charge is -2.47. The van der Waals surface area contributed by atoms with Crippen LogP contribution in [0.3, 0.4) is 0 Å². The minimum absolute atomic E-state index is 0.0369. The first-order valence-corrected chi connectivity index (χ1v) is 5.81. The Morgan fingerprint density at radius 1 is 1.47 bits per heavy atom. The number of amides is 1. The molecule has 1 amide bonds. The lowest BCUT2D eigenvalue weighted by atomic mass is 9.96. The van der Waals surface area contributed by atoms with E-state index in [1.165, 1.54) is 0 Å². The van der Waals surface area contributed by atoms with Crippen LogP contribution in [0.15, 0.2) is 0 Å². The molecule has 98 valence electrons. The van der Waals surface area contributed by atoms with Gasteiger partial charge in [0.05, 0.1) is 19.6 Å². The van der Waals surface area contributed by atoms with Crippen molar-refractivity contribution in [3.05, 3.63) is 0 Å². The number of hydrogen-bond acceptors (Lipinski definition) is 4. The Morgan fingerprint density at radius 2 is 2.12 bits per heavy atom. The largest absolute Gasteiger partial charge is 0.480 e. The molecule has 17 heavy (non-hydrogen) atoms. The van der Waals surface area contributed by atoms with Crippen LogP contribution in [-0.2, 0) is 14.3 Å². The van der Waals surface area contributed by atoms with Crippen molar-refractivity contribution >= 4 is 11.9 Å². The molecule has 6 nitrogen and oxygen atoms in total. The summed E-state index contributed by atoms with van der Waals surface area (Å²) < 4.78 is 5.22. The van der Waals surface area contributed by atoms with Gasteiger partial charge in [0.1, 0.15) is 12.2 Å². The van der Waals surface area contributed by atoms with E-state index in [1.807, 2.05) is 13.8 Å². The minimum Gasteiger partial charge on any atom is -0.480 e. The molecule has 0 spiro atoms. The fourth-order valence-corrected chi connectivity index (χ4v) is 1.75. The van der Waals surface area contributed by atoms with Crippen molar-refractivity contribution in [3.8, 4) is 0 Å². The van der Waals surface area contributed by atoms with Gasteiger partial charge in [0.15, 0.2) is 0 Å². The van der Waals surface area contributed by atoms with E-state index >= 15 is 0 Å². The lowest BCUT2D eigenvalue weighted by molar-refractivity contribution is -0.172. The van der Waals surface area contributed by atoms with Crippen LogP contribution < -0.4 is 5.32 Å². The van der Waals surface area contributed by atoms with Crippen molar-refractivity contribution in [2.45, 2.75) is 25.9 Å². The highest BCUT2D eigenvalue weighted by Crippen LogP contribution is 2.24. The summed E-state index contributed by atoms with van der Waals surface area (Å²) in [4.78, 5) is 23.6. The highest BCUT2D eigenvalue weighted by molar-refractivity contribution is 5.79. The number of carbonyl (C=O) groups excluding carboxylic acids is 1. The van der Waals surface area contributed by atoms with Gasteiger partial charge in [-0.1, -0.05) is 6.92 Å². The van der Waals surface area contributed by atoms with Gasteiger partial charge in [-0.15, -0.1) is 0 Å². The molecule has 2 N–H and O–H groups in total. The average Bonchev–Trinajstić information content (AvgIpc) is 2.22. The van der Waals surface area contributed by atoms with E-state index in [0.717, 1.165) is 13.0 Å². The summed E-state index contributed by atoms with van der Waals surface area (Å²) in [6.07, 6.45) is 0.993. The molecule has 1 aliphatic heterocycles. The first-order valence-electron chi connectivity index (χ1n) is 5.81. The maximum atomic E-state index is 11.6. The predicted octanol–water partition coefficient (Wildman–Crippen LogP) is -0.312. The van der Waals surface area contributed by atoms with E-state index in [1.54, 1.807) is 4.90 Å². The summed E-state index contributed by atoms with van der Waals surface area (Å²) in [5, 5.41) is 11.5. The molecule has 0 saturated carbocycles. The molecule has 0 bridgehead atoms. The maximum absolute atomic E-state index is 11.6. The van der Waals surface area contributed by atoms with Crippen molar-refractivity contribution in [2.24, 2.45) is 0 Å². The van der Waals surface area contributed by atoms with E-state index in [2.05, 4.69) is 5.32 Å². The number of hydrogen-bond donors (Lipinski definition) is 2. The smallest absolute Gasteiger partial charge is 0.329 e. The molecule has 1 fully saturated rings. The fraction of sp³-hybridized carbons (Fsp3) is 0.818. The normalized spacial score (nSPS) is 17.6. The van der Waals surface area contributed by atoms with Crippen molar-refractivity contribution in [3.63, 3.8) is 0 Å². The van der Waals surface area contributed by atoms with Crippen LogP contribution in [0.2, 0.25) is 0 Å².